The molecule has 1 N–H and O–H groups in total. The van der Waals surface area contributed by atoms with Crippen molar-refractivity contribution in [2.75, 3.05) is 5.32 Å². The van der Waals surface area contributed by atoms with Gasteiger partial charge in [-0.3, -0.25) is 4.79 Å². The van der Waals surface area contributed by atoms with Crippen LogP contribution in [0.15, 0.2) is 48.5 Å². The Hall–Kier alpha value is -2.02. The van der Waals surface area contributed by atoms with Crippen LogP contribution in [-0.2, 0) is 4.79 Å². The maximum atomic E-state index is 12.1. The summed E-state index contributed by atoms with van der Waals surface area (Å²) in [4.78, 5) is 12.1. The summed E-state index contributed by atoms with van der Waals surface area (Å²) in [7, 11) is 0. The van der Waals surface area contributed by atoms with E-state index in [4.69, 9.17) is 28.5 Å². The van der Waals surface area contributed by atoms with Crippen molar-refractivity contribution in [1.29, 1.82) is 5.26 Å². The molecule has 0 aliphatic rings. The second kappa shape index (κ2) is 6.42. The van der Waals surface area contributed by atoms with E-state index >= 15 is 0 Å². The predicted molar refractivity (Wildman–Crippen MR) is 79.9 cm³/mol. The summed E-state index contributed by atoms with van der Waals surface area (Å²) in [6.07, 6.45) is 0. The van der Waals surface area contributed by atoms with Gasteiger partial charge >= 0.3 is 0 Å². The van der Waals surface area contributed by atoms with Crippen LogP contribution in [0.4, 0.5) is 5.69 Å². The molecular weight excluding hydrogens is 295 g/mol. The number of benzene rings is 2. The van der Waals surface area contributed by atoms with Gasteiger partial charge in [-0.1, -0.05) is 53.5 Å². The lowest BCUT2D eigenvalue weighted by atomic mass is 10.00. The van der Waals surface area contributed by atoms with Gasteiger partial charge in [0.15, 0.2) is 5.92 Å². The zero-order chi connectivity index (χ0) is 14.5. The number of hydrogen-bond acceptors (Lipinski definition) is 2. The van der Waals surface area contributed by atoms with Crippen molar-refractivity contribution < 1.29 is 4.79 Å². The molecular formula is C15H10Cl2N2O. The third-order valence-corrected chi connectivity index (χ3v) is 3.45. The maximum absolute atomic E-state index is 12.1. The molecule has 0 saturated heterocycles. The number of nitrogens with zero attached hydrogens (tertiary/aromatic N) is 1. The molecule has 1 unspecified atom stereocenters. The standard InChI is InChI=1S/C15H10Cl2N2O/c16-13-7-6-11(8-14(13)17)19-15(20)12(9-18)10-4-2-1-3-5-10/h1-8,12H,(H,19,20). The minimum Gasteiger partial charge on any atom is -0.325 e. The Morgan fingerprint density at radius 3 is 2.40 bits per heavy atom. The first-order valence-corrected chi connectivity index (χ1v) is 6.58. The number of nitrogens with one attached hydrogen (secondary N) is 1. The van der Waals surface area contributed by atoms with E-state index in [1.807, 2.05) is 12.1 Å². The van der Waals surface area contributed by atoms with Crippen molar-refractivity contribution in [3.05, 3.63) is 64.1 Å². The van der Waals surface area contributed by atoms with E-state index in [-0.39, 0.29) is 0 Å². The normalized spacial score (nSPS) is 11.4. The van der Waals surface area contributed by atoms with Crippen LogP contribution in [-0.4, -0.2) is 5.91 Å². The molecule has 0 spiro atoms. The predicted octanol–water partition coefficient (Wildman–Crippen LogP) is 4.24. The van der Waals surface area contributed by atoms with E-state index in [1.54, 1.807) is 42.5 Å². The molecule has 1 atom stereocenters. The van der Waals surface area contributed by atoms with Crippen molar-refractivity contribution in [2.45, 2.75) is 5.92 Å². The van der Waals surface area contributed by atoms with Crippen LogP contribution < -0.4 is 5.32 Å². The number of rotatable bonds is 3. The van der Waals surface area contributed by atoms with Crippen LogP contribution in [0.1, 0.15) is 11.5 Å². The monoisotopic (exact) mass is 304 g/mol. The molecule has 0 aliphatic carbocycles. The van der Waals surface area contributed by atoms with Gasteiger partial charge in [-0.15, -0.1) is 0 Å². The van der Waals surface area contributed by atoms with Crippen LogP contribution >= 0.6 is 23.2 Å². The highest BCUT2D eigenvalue weighted by Crippen LogP contribution is 2.26. The molecule has 5 heteroatoms. The smallest absolute Gasteiger partial charge is 0.246 e. The average Bonchev–Trinajstić information content (AvgIpc) is 2.45. The van der Waals surface area contributed by atoms with Gasteiger partial charge in [0, 0.05) is 5.69 Å². The Morgan fingerprint density at radius 2 is 1.80 bits per heavy atom. The van der Waals surface area contributed by atoms with Gasteiger partial charge in [0.25, 0.3) is 0 Å². The highest BCUT2D eigenvalue weighted by atomic mass is 35.5. The van der Waals surface area contributed by atoms with Gasteiger partial charge in [0.05, 0.1) is 16.1 Å². The summed E-state index contributed by atoms with van der Waals surface area (Å²) in [5.41, 5.74) is 1.15. The Balaban J connectivity index is 2.18. The summed E-state index contributed by atoms with van der Waals surface area (Å²) >= 11 is 11.7. The Labute approximate surface area is 126 Å². The minimum atomic E-state index is -0.870. The second-order valence-corrected chi connectivity index (χ2v) is 4.91. The molecule has 3 nitrogen and oxygen atoms in total. The molecule has 0 fully saturated rings. The quantitative estimate of drug-likeness (QED) is 0.922. The fourth-order valence-electron chi connectivity index (χ4n) is 1.72. The number of carbonyl (C=O) groups excluding carboxylic acids is 1. The van der Waals surface area contributed by atoms with Crippen LogP contribution in [0.3, 0.4) is 0 Å². The van der Waals surface area contributed by atoms with Gasteiger partial charge < -0.3 is 5.32 Å². The van der Waals surface area contributed by atoms with E-state index in [0.717, 1.165) is 0 Å². The molecule has 0 saturated carbocycles. The summed E-state index contributed by atoms with van der Waals surface area (Å²) in [6.45, 7) is 0. The van der Waals surface area contributed by atoms with Gasteiger partial charge in [-0.05, 0) is 23.8 Å². The highest BCUT2D eigenvalue weighted by Gasteiger charge is 2.20. The molecule has 100 valence electrons. The largest absolute Gasteiger partial charge is 0.325 e. The lowest BCUT2D eigenvalue weighted by molar-refractivity contribution is -0.116. The second-order valence-electron chi connectivity index (χ2n) is 4.09. The molecule has 0 bridgehead atoms. The summed E-state index contributed by atoms with van der Waals surface area (Å²) in [5, 5.41) is 12.6. The first-order valence-electron chi connectivity index (χ1n) is 5.82. The number of anilines is 1. The highest BCUT2D eigenvalue weighted by molar-refractivity contribution is 6.42. The van der Waals surface area contributed by atoms with E-state index in [9.17, 15) is 4.79 Å². The van der Waals surface area contributed by atoms with E-state index in [0.29, 0.717) is 21.3 Å². The molecule has 0 radical (unpaired) electrons. The molecule has 0 aromatic heterocycles. The van der Waals surface area contributed by atoms with E-state index in [1.165, 1.54) is 0 Å². The third kappa shape index (κ3) is 3.30. The molecule has 0 heterocycles. The third-order valence-electron chi connectivity index (χ3n) is 2.71. The molecule has 2 rings (SSSR count). The topological polar surface area (TPSA) is 52.9 Å². The first kappa shape index (κ1) is 14.4. The van der Waals surface area contributed by atoms with Crippen LogP contribution in [0.2, 0.25) is 10.0 Å². The Kier molecular flexibility index (Phi) is 4.62. The van der Waals surface area contributed by atoms with E-state index in [2.05, 4.69) is 5.32 Å². The number of amides is 1. The number of halogens is 2. The summed E-state index contributed by atoms with van der Waals surface area (Å²) < 4.78 is 0. The van der Waals surface area contributed by atoms with Crippen molar-refractivity contribution in [1.82, 2.24) is 0 Å². The average molecular weight is 305 g/mol. The first-order chi connectivity index (χ1) is 9.61. The van der Waals surface area contributed by atoms with Crippen molar-refractivity contribution >= 4 is 34.8 Å². The number of hydrogen-bond donors (Lipinski definition) is 1. The molecule has 2 aromatic rings. The lowest BCUT2D eigenvalue weighted by Gasteiger charge is -2.11. The van der Waals surface area contributed by atoms with Gasteiger partial charge in [0.2, 0.25) is 5.91 Å². The zero-order valence-corrected chi connectivity index (χ0v) is 11.8. The summed E-state index contributed by atoms with van der Waals surface area (Å²) in [6, 6.07) is 15.6. The van der Waals surface area contributed by atoms with Crippen molar-refractivity contribution in [3.63, 3.8) is 0 Å². The summed E-state index contributed by atoms with van der Waals surface area (Å²) in [5.74, 6) is -1.28. The van der Waals surface area contributed by atoms with Gasteiger partial charge in [0.1, 0.15) is 0 Å². The molecule has 0 aliphatic heterocycles. The zero-order valence-electron chi connectivity index (χ0n) is 10.3. The van der Waals surface area contributed by atoms with Crippen LogP contribution in [0, 0.1) is 11.3 Å². The lowest BCUT2D eigenvalue weighted by Crippen LogP contribution is -2.19. The Bertz CT molecular complexity index is 665. The number of nitriles is 1. The fraction of sp³-hybridized carbons (Fsp3) is 0.0667. The van der Waals surface area contributed by atoms with Crippen molar-refractivity contribution in [2.24, 2.45) is 0 Å². The SMILES string of the molecule is N#CC(C(=O)Nc1ccc(Cl)c(Cl)c1)c1ccccc1. The van der Waals surface area contributed by atoms with Crippen LogP contribution in [0.25, 0.3) is 0 Å². The Morgan fingerprint density at radius 1 is 1.10 bits per heavy atom. The number of carbonyl (C=O) groups is 1. The molecule has 20 heavy (non-hydrogen) atoms. The van der Waals surface area contributed by atoms with Gasteiger partial charge in [-0.25, -0.2) is 0 Å². The minimum absolute atomic E-state index is 0.345. The molecule has 1 amide bonds. The molecule has 2 aromatic carbocycles. The maximum Gasteiger partial charge on any atom is 0.246 e. The van der Waals surface area contributed by atoms with E-state index < -0.39 is 11.8 Å². The fourth-order valence-corrected chi connectivity index (χ4v) is 2.02. The van der Waals surface area contributed by atoms with Crippen molar-refractivity contribution in [3.8, 4) is 6.07 Å². The van der Waals surface area contributed by atoms with Crippen LogP contribution in [0.5, 0.6) is 0 Å². The van der Waals surface area contributed by atoms with Gasteiger partial charge in [-0.2, -0.15) is 5.26 Å².